The molecule has 1 aromatic carbocycles. The zero-order valence-electron chi connectivity index (χ0n) is 6.59. The lowest BCUT2D eigenvalue weighted by atomic mass is 10.1. The highest BCUT2D eigenvalue weighted by atomic mass is 14.7. The van der Waals surface area contributed by atoms with E-state index in [0.717, 1.165) is 12.0 Å². The van der Waals surface area contributed by atoms with Crippen molar-refractivity contribution in [1.29, 1.82) is 5.41 Å². The topological polar surface area (TPSA) is 49.9 Å². The normalized spacial score (nSPS) is 9.55. The predicted octanol–water partition coefficient (Wildman–Crippen LogP) is 1.53. The first-order valence-corrected chi connectivity index (χ1v) is 3.67. The third kappa shape index (κ3) is 1.80. The van der Waals surface area contributed by atoms with Crippen molar-refractivity contribution in [3.8, 4) is 0 Å². The molecule has 0 amide bonds. The Bertz CT molecular complexity index is 266. The summed E-state index contributed by atoms with van der Waals surface area (Å²) in [5.74, 6) is 0.139. The van der Waals surface area contributed by atoms with E-state index >= 15 is 0 Å². The number of hydrogen-bond acceptors (Lipinski definition) is 1. The minimum Gasteiger partial charge on any atom is -0.384 e. The average molecular weight is 148 g/mol. The minimum atomic E-state index is 0.139. The molecule has 3 N–H and O–H groups in total. The van der Waals surface area contributed by atoms with E-state index in [1.807, 2.05) is 24.3 Å². The van der Waals surface area contributed by atoms with Crippen LogP contribution in [0.2, 0.25) is 0 Å². The fourth-order valence-corrected chi connectivity index (χ4v) is 0.959. The van der Waals surface area contributed by atoms with Crippen LogP contribution in [0.25, 0.3) is 0 Å². The van der Waals surface area contributed by atoms with Crippen LogP contribution in [0, 0.1) is 5.41 Å². The summed E-state index contributed by atoms with van der Waals surface area (Å²) in [6, 6.07) is 7.76. The van der Waals surface area contributed by atoms with Gasteiger partial charge in [0.1, 0.15) is 5.84 Å². The third-order valence-electron chi connectivity index (χ3n) is 1.65. The molecule has 1 rings (SSSR count). The van der Waals surface area contributed by atoms with Crippen LogP contribution in [-0.2, 0) is 6.42 Å². The highest BCUT2D eigenvalue weighted by Gasteiger charge is 1.95. The van der Waals surface area contributed by atoms with Crippen LogP contribution < -0.4 is 5.73 Å². The summed E-state index contributed by atoms with van der Waals surface area (Å²) in [5.41, 5.74) is 7.35. The van der Waals surface area contributed by atoms with Crippen LogP contribution in [0.15, 0.2) is 24.3 Å². The van der Waals surface area contributed by atoms with Gasteiger partial charge >= 0.3 is 0 Å². The molecule has 2 heteroatoms. The summed E-state index contributed by atoms with van der Waals surface area (Å²) in [6.07, 6.45) is 0.987. The molecule has 0 unspecified atom stereocenters. The number of hydrogen-bond donors (Lipinski definition) is 2. The Hall–Kier alpha value is -1.31. The van der Waals surface area contributed by atoms with Crippen LogP contribution in [0.3, 0.4) is 0 Å². The van der Waals surface area contributed by atoms with Gasteiger partial charge in [-0.2, -0.15) is 0 Å². The standard InChI is InChI=1S/C9H12N2/c1-2-7-4-3-5-8(6-7)9(10)11/h3-6H,2H2,1H3,(H3,10,11). The molecule has 0 fully saturated rings. The molecule has 58 valence electrons. The quantitative estimate of drug-likeness (QED) is 0.485. The number of aryl methyl sites for hydroxylation is 1. The van der Waals surface area contributed by atoms with Crippen molar-refractivity contribution in [2.75, 3.05) is 0 Å². The average Bonchev–Trinajstić information content (AvgIpc) is 2.05. The van der Waals surface area contributed by atoms with Gasteiger partial charge in [0.05, 0.1) is 0 Å². The molecule has 0 aromatic heterocycles. The summed E-state index contributed by atoms with van der Waals surface area (Å²) >= 11 is 0. The van der Waals surface area contributed by atoms with Crippen LogP contribution >= 0.6 is 0 Å². The third-order valence-corrected chi connectivity index (χ3v) is 1.65. The van der Waals surface area contributed by atoms with Gasteiger partial charge < -0.3 is 5.73 Å². The first-order chi connectivity index (χ1) is 5.24. The number of nitrogen functional groups attached to an aromatic ring is 1. The number of nitrogens with one attached hydrogen (secondary N) is 1. The van der Waals surface area contributed by atoms with Crippen molar-refractivity contribution in [3.05, 3.63) is 35.4 Å². The smallest absolute Gasteiger partial charge is 0.122 e. The Labute approximate surface area is 66.6 Å². The molecule has 0 atom stereocenters. The molecular weight excluding hydrogens is 136 g/mol. The van der Waals surface area contributed by atoms with E-state index in [1.165, 1.54) is 5.56 Å². The Kier molecular flexibility index (Phi) is 2.26. The number of rotatable bonds is 2. The molecule has 0 bridgehead atoms. The van der Waals surface area contributed by atoms with Gasteiger partial charge in [-0.1, -0.05) is 25.1 Å². The highest BCUT2D eigenvalue weighted by Crippen LogP contribution is 2.04. The van der Waals surface area contributed by atoms with E-state index in [-0.39, 0.29) is 5.84 Å². The van der Waals surface area contributed by atoms with Crippen molar-refractivity contribution >= 4 is 5.84 Å². The maximum absolute atomic E-state index is 7.18. The predicted molar refractivity (Wildman–Crippen MR) is 46.8 cm³/mol. The van der Waals surface area contributed by atoms with Crippen molar-refractivity contribution < 1.29 is 0 Å². The molecule has 2 nitrogen and oxygen atoms in total. The molecule has 0 aliphatic carbocycles. The van der Waals surface area contributed by atoms with Crippen LogP contribution in [0.1, 0.15) is 18.1 Å². The Balaban J connectivity index is 3.01. The second kappa shape index (κ2) is 3.19. The molecule has 0 aliphatic rings. The summed E-state index contributed by atoms with van der Waals surface area (Å²) < 4.78 is 0. The van der Waals surface area contributed by atoms with Crippen LogP contribution in [0.5, 0.6) is 0 Å². The molecule has 0 saturated heterocycles. The lowest BCUT2D eigenvalue weighted by molar-refractivity contribution is 1.14. The molecule has 0 radical (unpaired) electrons. The van der Waals surface area contributed by atoms with Gasteiger partial charge in [-0.15, -0.1) is 0 Å². The Morgan fingerprint density at radius 2 is 2.27 bits per heavy atom. The van der Waals surface area contributed by atoms with Gasteiger partial charge in [-0.25, -0.2) is 0 Å². The van der Waals surface area contributed by atoms with Crippen molar-refractivity contribution in [2.24, 2.45) is 5.73 Å². The van der Waals surface area contributed by atoms with E-state index < -0.39 is 0 Å². The minimum absolute atomic E-state index is 0.139. The zero-order valence-corrected chi connectivity index (χ0v) is 6.59. The van der Waals surface area contributed by atoms with Gasteiger partial charge in [0.2, 0.25) is 0 Å². The van der Waals surface area contributed by atoms with E-state index in [0.29, 0.717) is 0 Å². The van der Waals surface area contributed by atoms with E-state index in [1.54, 1.807) is 0 Å². The first-order valence-electron chi connectivity index (χ1n) is 3.67. The Morgan fingerprint density at radius 3 is 2.82 bits per heavy atom. The monoisotopic (exact) mass is 148 g/mol. The van der Waals surface area contributed by atoms with Gasteiger partial charge in [0.15, 0.2) is 0 Å². The zero-order chi connectivity index (χ0) is 8.27. The van der Waals surface area contributed by atoms with Crippen molar-refractivity contribution in [2.45, 2.75) is 13.3 Å². The van der Waals surface area contributed by atoms with Crippen LogP contribution in [-0.4, -0.2) is 5.84 Å². The molecule has 0 heterocycles. The van der Waals surface area contributed by atoms with E-state index in [2.05, 4.69) is 6.92 Å². The lowest BCUT2D eigenvalue weighted by Crippen LogP contribution is -2.10. The Morgan fingerprint density at radius 1 is 1.55 bits per heavy atom. The number of benzene rings is 1. The lowest BCUT2D eigenvalue weighted by Gasteiger charge is -1.99. The molecule has 1 aromatic rings. The fourth-order valence-electron chi connectivity index (χ4n) is 0.959. The summed E-state index contributed by atoms with van der Waals surface area (Å²) in [4.78, 5) is 0. The van der Waals surface area contributed by atoms with Gasteiger partial charge in [0, 0.05) is 5.56 Å². The molecule has 0 aliphatic heterocycles. The molecular formula is C9H12N2. The molecule has 11 heavy (non-hydrogen) atoms. The summed E-state index contributed by atoms with van der Waals surface area (Å²) in [7, 11) is 0. The van der Waals surface area contributed by atoms with Gasteiger partial charge in [-0.3, -0.25) is 5.41 Å². The second-order valence-corrected chi connectivity index (χ2v) is 2.47. The maximum Gasteiger partial charge on any atom is 0.122 e. The first kappa shape index (κ1) is 7.79. The van der Waals surface area contributed by atoms with Gasteiger partial charge in [-0.05, 0) is 18.1 Å². The SMILES string of the molecule is CCc1cccc(C(=N)N)c1. The highest BCUT2D eigenvalue weighted by molar-refractivity contribution is 5.95. The largest absolute Gasteiger partial charge is 0.384 e. The number of amidine groups is 1. The summed E-state index contributed by atoms with van der Waals surface area (Å²) in [5, 5.41) is 7.18. The van der Waals surface area contributed by atoms with E-state index in [9.17, 15) is 0 Å². The molecule has 0 spiro atoms. The van der Waals surface area contributed by atoms with E-state index in [4.69, 9.17) is 11.1 Å². The molecule has 0 saturated carbocycles. The fraction of sp³-hybridized carbons (Fsp3) is 0.222. The van der Waals surface area contributed by atoms with Crippen LogP contribution in [0.4, 0.5) is 0 Å². The van der Waals surface area contributed by atoms with Gasteiger partial charge in [0.25, 0.3) is 0 Å². The maximum atomic E-state index is 7.18. The number of nitrogens with two attached hydrogens (primary N) is 1. The van der Waals surface area contributed by atoms with Crippen molar-refractivity contribution in [3.63, 3.8) is 0 Å². The van der Waals surface area contributed by atoms with Crippen molar-refractivity contribution in [1.82, 2.24) is 0 Å². The second-order valence-electron chi connectivity index (χ2n) is 2.47. The summed E-state index contributed by atoms with van der Waals surface area (Å²) in [6.45, 7) is 2.08.